The number of anilines is 1. The van der Waals surface area contributed by atoms with Crippen LogP contribution in [0.3, 0.4) is 0 Å². The highest BCUT2D eigenvalue weighted by molar-refractivity contribution is 5.97. The number of nitrogens with zero attached hydrogens (tertiary/aromatic N) is 5. The Kier molecular flexibility index (Phi) is 4.20. The summed E-state index contributed by atoms with van der Waals surface area (Å²) in [4.78, 5) is 16.9. The first-order valence-corrected chi connectivity index (χ1v) is 8.82. The van der Waals surface area contributed by atoms with Crippen molar-refractivity contribution in [3.63, 3.8) is 0 Å². The molecule has 0 unspecified atom stereocenters. The van der Waals surface area contributed by atoms with Crippen LogP contribution in [0, 0.1) is 0 Å². The van der Waals surface area contributed by atoms with Gasteiger partial charge in [-0.15, -0.1) is 5.10 Å². The van der Waals surface area contributed by atoms with Crippen LogP contribution in [0.2, 0.25) is 0 Å². The molecule has 0 atom stereocenters. The molecule has 1 aliphatic heterocycles. The minimum absolute atomic E-state index is 0.0308. The molecule has 1 fully saturated rings. The van der Waals surface area contributed by atoms with Gasteiger partial charge in [0.05, 0.1) is 5.52 Å². The van der Waals surface area contributed by atoms with E-state index in [1.165, 1.54) is 0 Å². The molecule has 0 aliphatic carbocycles. The third-order valence-corrected chi connectivity index (χ3v) is 4.84. The van der Waals surface area contributed by atoms with E-state index in [0.717, 1.165) is 36.4 Å². The van der Waals surface area contributed by atoms with Gasteiger partial charge in [-0.1, -0.05) is 5.21 Å². The smallest absolute Gasteiger partial charge is 0.254 e. The molecular weight excluding hydrogens is 330 g/mol. The molecule has 0 radical (unpaired) electrons. The number of carbonyl (C=O) groups excluding carboxylic acids is 1. The van der Waals surface area contributed by atoms with Crippen LogP contribution in [-0.4, -0.2) is 57.1 Å². The molecule has 134 valence electrons. The van der Waals surface area contributed by atoms with E-state index in [4.69, 9.17) is 0 Å². The van der Waals surface area contributed by atoms with E-state index in [1.54, 1.807) is 12.1 Å². The standard InChI is InChI=1S/C19H21N5O2/c1-2-24-18-8-3-14(13-17(18)20-21-24)19(26)23-11-9-22(10-12-23)15-4-6-16(25)7-5-15/h3-8,13,25H,2,9-12H2,1H3. The van der Waals surface area contributed by atoms with Crippen LogP contribution in [0.4, 0.5) is 5.69 Å². The number of aryl methyl sites for hydroxylation is 1. The van der Waals surface area contributed by atoms with Gasteiger partial charge in [-0.25, -0.2) is 4.68 Å². The summed E-state index contributed by atoms with van der Waals surface area (Å²) < 4.78 is 1.82. The van der Waals surface area contributed by atoms with Gasteiger partial charge in [-0.05, 0) is 49.4 Å². The Labute approximate surface area is 151 Å². The fourth-order valence-corrected chi connectivity index (χ4v) is 3.35. The lowest BCUT2D eigenvalue weighted by molar-refractivity contribution is 0.0747. The molecule has 7 heteroatoms. The Balaban J connectivity index is 1.45. The predicted octanol–water partition coefficient (Wildman–Crippen LogP) is 2.12. The van der Waals surface area contributed by atoms with Crippen molar-refractivity contribution in [2.75, 3.05) is 31.1 Å². The molecule has 1 saturated heterocycles. The second-order valence-corrected chi connectivity index (χ2v) is 6.40. The zero-order chi connectivity index (χ0) is 18.1. The highest BCUT2D eigenvalue weighted by Crippen LogP contribution is 2.21. The number of benzene rings is 2. The molecule has 2 heterocycles. The molecule has 1 aliphatic rings. The van der Waals surface area contributed by atoms with Gasteiger partial charge < -0.3 is 14.9 Å². The first kappa shape index (κ1) is 16.4. The average molecular weight is 351 g/mol. The fourth-order valence-electron chi connectivity index (χ4n) is 3.35. The third-order valence-electron chi connectivity index (χ3n) is 4.84. The van der Waals surface area contributed by atoms with Crippen molar-refractivity contribution < 1.29 is 9.90 Å². The zero-order valence-corrected chi connectivity index (χ0v) is 14.7. The van der Waals surface area contributed by atoms with Crippen LogP contribution in [-0.2, 0) is 6.54 Å². The molecule has 1 aromatic heterocycles. The minimum atomic E-state index is 0.0308. The summed E-state index contributed by atoms with van der Waals surface area (Å²) in [6.45, 7) is 5.64. The quantitative estimate of drug-likeness (QED) is 0.782. The Morgan fingerprint density at radius 2 is 1.81 bits per heavy atom. The largest absolute Gasteiger partial charge is 0.508 e. The number of phenols is 1. The normalized spacial score (nSPS) is 14.8. The second-order valence-electron chi connectivity index (χ2n) is 6.40. The molecule has 1 amide bonds. The zero-order valence-electron chi connectivity index (χ0n) is 14.7. The van der Waals surface area contributed by atoms with Crippen molar-refractivity contribution in [3.05, 3.63) is 48.0 Å². The molecule has 2 aromatic carbocycles. The van der Waals surface area contributed by atoms with E-state index < -0.39 is 0 Å². The van der Waals surface area contributed by atoms with E-state index in [1.807, 2.05) is 46.8 Å². The number of rotatable bonds is 3. The summed E-state index contributed by atoms with van der Waals surface area (Å²) in [6.07, 6.45) is 0. The van der Waals surface area contributed by atoms with Crippen LogP contribution in [0.1, 0.15) is 17.3 Å². The van der Waals surface area contributed by atoms with Gasteiger partial charge in [0.2, 0.25) is 0 Å². The van der Waals surface area contributed by atoms with E-state index in [9.17, 15) is 9.90 Å². The van der Waals surface area contributed by atoms with Crippen molar-refractivity contribution in [1.82, 2.24) is 19.9 Å². The summed E-state index contributed by atoms with van der Waals surface area (Å²) in [6, 6.07) is 12.8. The summed E-state index contributed by atoms with van der Waals surface area (Å²) in [7, 11) is 0. The van der Waals surface area contributed by atoms with Gasteiger partial charge in [0, 0.05) is 44.0 Å². The Morgan fingerprint density at radius 3 is 2.50 bits per heavy atom. The number of fused-ring (bicyclic) bond motifs is 1. The highest BCUT2D eigenvalue weighted by Gasteiger charge is 2.23. The number of hydrogen-bond acceptors (Lipinski definition) is 5. The third kappa shape index (κ3) is 2.96. The number of piperazine rings is 1. The molecule has 0 bridgehead atoms. The van der Waals surface area contributed by atoms with Crippen LogP contribution in [0.25, 0.3) is 11.0 Å². The summed E-state index contributed by atoms with van der Waals surface area (Å²) in [5.41, 5.74) is 3.41. The Morgan fingerprint density at radius 1 is 1.08 bits per heavy atom. The van der Waals surface area contributed by atoms with Gasteiger partial charge in [-0.3, -0.25) is 4.79 Å². The second kappa shape index (κ2) is 6.67. The average Bonchev–Trinajstić information content (AvgIpc) is 3.10. The van der Waals surface area contributed by atoms with Crippen LogP contribution < -0.4 is 4.90 Å². The maximum Gasteiger partial charge on any atom is 0.254 e. The number of phenolic OH excluding ortho intramolecular Hbond substituents is 1. The molecule has 0 spiro atoms. The maximum absolute atomic E-state index is 12.8. The molecule has 0 saturated carbocycles. The Bertz CT molecular complexity index is 927. The lowest BCUT2D eigenvalue weighted by Gasteiger charge is -2.36. The van der Waals surface area contributed by atoms with Crippen molar-refractivity contribution in [3.8, 4) is 5.75 Å². The number of hydrogen-bond donors (Lipinski definition) is 1. The van der Waals surface area contributed by atoms with Crippen LogP contribution in [0.5, 0.6) is 5.75 Å². The molecule has 4 rings (SSSR count). The van der Waals surface area contributed by atoms with Crippen molar-refractivity contribution in [2.45, 2.75) is 13.5 Å². The number of carbonyl (C=O) groups is 1. The van der Waals surface area contributed by atoms with Crippen molar-refractivity contribution >= 4 is 22.6 Å². The van der Waals surface area contributed by atoms with Gasteiger partial charge >= 0.3 is 0 Å². The molecular formula is C19H21N5O2. The number of amides is 1. The Hall–Kier alpha value is -3.09. The van der Waals surface area contributed by atoms with E-state index in [-0.39, 0.29) is 11.7 Å². The van der Waals surface area contributed by atoms with Crippen LogP contribution in [0.15, 0.2) is 42.5 Å². The summed E-state index contributed by atoms with van der Waals surface area (Å²) in [5, 5.41) is 17.6. The molecule has 26 heavy (non-hydrogen) atoms. The van der Waals surface area contributed by atoms with Gasteiger partial charge in [-0.2, -0.15) is 0 Å². The van der Waals surface area contributed by atoms with Gasteiger partial charge in [0.25, 0.3) is 5.91 Å². The first-order valence-electron chi connectivity index (χ1n) is 8.82. The van der Waals surface area contributed by atoms with Gasteiger partial charge in [0.15, 0.2) is 0 Å². The topological polar surface area (TPSA) is 74.5 Å². The molecule has 3 aromatic rings. The minimum Gasteiger partial charge on any atom is -0.508 e. The first-order chi connectivity index (χ1) is 12.7. The van der Waals surface area contributed by atoms with Crippen LogP contribution >= 0.6 is 0 Å². The van der Waals surface area contributed by atoms with E-state index in [0.29, 0.717) is 18.7 Å². The SMILES string of the molecule is CCn1nnc2cc(C(=O)N3CCN(c4ccc(O)cc4)CC3)ccc21. The fraction of sp³-hybridized carbons (Fsp3) is 0.316. The molecule has 7 nitrogen and oxygen atoms in total. The van der Waals surface area contributed by atoms with E-state index >= 15 is 0 Å². The summed E-state index contributed by atoms with van der Waals surface area (Å²) in [5.74, 6) is 0.293. The predicted molar refractivity (Wildman–Crippen MR) is 99.4 cm³/mol. The van der Waals surface area contributed by atoms with Crippen molar-refractivity contribution in [2.24, 2.45) is 0 Å². The summed E-state index contributed by atoms with van der Waals surface area (Å²) >= 11 is 0. The van der Waals surface area contributed by atoms with Crippen molar-refractivity contribution in [1.29, 1.82) is 0 Å². The molecule has 1 N–H and O–H groups in total. The van der Waals surface area contributed by atoms with E-state index in [2.05, 4.69) is 15.2 Å². The highest BCUT2D eigenvalue weighted by atomic mass is 16.3. The maximum atomic E-state index is 12.8. The number of aromatic hydroxyl groups is 1. The monoisotopic (exact) mass is 351 g/mol. The van der Waals surface area contributed by atoms with Gasteiger partial charge in [0.1, 0.15) is 11.3 Å². The number of aromatic nitrogens is 3. The lowest BCUT2D eigenvalue weighted by Crippen LogP contribution is -2.48. The lowest BCUT2D eigenvalue weighted by atomic mass is 10.1.